The molecule has 0 saturated heterocycles. The highest BCUT2D eigenvalue weighted by molar-refractivity contribution is 14.0. The highest BCUT2D eigenvalue weighted by atomic mass is 127. The molecule has 1 fully saturated rings. The van der Waals surface area contributed by atoms with Gasteiger partial charge in [0.25, 0.3) is 0 Å². The van der Waals surface area contributed by atoms with E-state index in [4.69, 9.17) is 9.47 Å². The highest BCUT2D eigenvalue weighted by Crippen LogP contribution is 2.23. The van der Waals surface area contributed by atoms with Crippen LogP contribution in [0.3, 0.4) is 0 Å². The Kier molecular flexibility index (Phi) is 14.6. The van der Waals surface area contributed by atoms with Gasteiger partial charge in [0.15, 0.2) is 5.96 Å². The van der Waals surface area contributed by atoms with Crippen LogP contribution in [-0.4, -0.2) is 54.1 Å². The maximum absolute atomic E-state index is 12.2. The molecular formula is C22H38IN3O3S. The maximum Gasteiger partial charge on any atom is 0.191 e. The van der Waals surface area contributed by atoms with E-state index in [2.05, 4.69) is 39.9 Å². The van der Waals surface area contributed by atoms with Gasteiger partial charge in [-0.3, -0.25) is 9.20 Å². The van der Waals surface area contributed by atoms with Crippen LogP contribution < -0.4 is 10.6 Å². The minimum Gasteiger partial charge on any atom is -0.379 e. The van der Waals surface area contributed by atoms with Gasteiger partial charge in [0, 0.05) is 48.0 Å². The molecule has 1 aromatic rings. The molecule has 3 unspecified atom stereocenters. The highest BCUT2D eigenvalue weighted by Gasteiger charge is 2.25. The molecule has 8 heteroatoms. The fourth-order valence-corrected chi connectivity index (χ4v) is 4.95. The van der Waals surface area contributed by atoms with E-state index >= 15 is 0 Å². The molecule has 0 heterocycles. The molecule has 2 rings (SSSR count). The van der Waals surface area contributed by atoms with Crippen LogP contribution in [0, 0.1) is 0 Å². The standard InChI is InChI=1S/C22H37N3O3S.HI/c1-4-27-12-13-28-17-19-9-6-8-18(14-19)16-24-22(23-3)25-20-10-7-11-21(15-20)29(26)5-2;/h6,8-9,14,20-21H,4-5,7,10-13,15-17H2,1-3H3,(H2,23,24,25);1H. The molecule has 0 aromatic heterocycles. The van der Waals surface area contributed by atoms with Crippen LogP contribution in [0.5, 0.6) is 0 Å². The number of nitrogens with one attached hydrogen (secondary N) is 2. The minimum atomic E-state index is -0.712. The Balaban J connectivity index is 0.00000450. The molecule has 2 N–H and O–H groups in total. The molecular weight excluding hydrogens is 513 g/mol. The predicted molar refractivity (Wildman–Crippen MR) is 136 cm³/mol. The summed E-state index contributed by atoms with van der Waals surface area (Å²) in [4.78, 5) is 4.37. The van der Waals surface area contributed by atoms with Gasteiger partial charge in [0.2, 0.25) is 0 Å². The van der Waals surface area contributed by atoms with Crippen LogP contribution in [0.15, 0.2) is 29.3 Å². The number of guanidine groups is 1. The summed E-state index contributed by atoms with van der Waals surface area (Å²) >= 11 is 0. The van der Waals surface area contributed by atoms with Crippen LogP contribution in [0.2, 0.25) is 0 Å². The van der Waals surface area contributed by atoms with Crippen molar-refractivity contribution < 1.29 is 13.7 Å². The lowest BCUT2D eigenvalue weighted by Gasteiger charge is -2.30. The van der Waals surface area contributed by atoms with E-state index in [1.807, 2.05) is 13.8 Å². The zero-order chi connectivity index (χ0) is 20.9. The van der Waals surface area contributed by atoms with Gasteiger partial charge in [-0.1, -0.05) is 37.6 Å². The summed E-state index contributed by atoms with van der Waals surface area (Å²) in [5.41, 5.74) is 2.34. The summed E-state index contributed by atoms with van der Waals surface area (Å²) in [6.07, 6.45) is 4.25. The summed E-state index contributed by atoms with van der Waals surface area (Å²) in [6.45, 7) is 7.24. The number of halogens is 1. The van der Waals surface area contributed by atoms with Crippen LogP contribution in [-0.2, 0) is 33.4 Å². The number of rotatable bonds is 11. The van der Waals surface area contributed by atoms with Crippen LogP contribution in [0.4, 0.5) is 0 Å². The average molecular weight is 552 g/mol. The number of aliphatic imine (C=N–C) groups is 1. The molecule has 1 aromatic carbocycles. The monoisotopic (exact) mass is 551 g/mol. The lowest BCUT2D eigenvalue weighted by molar-refractivity contribution is 0.0453. The van der Waals surface area contributed by atoms with Crippen molar-refractivity contribution in [3.05, 3.63) is 35.4 Å². The van der Waals surface area contributed by atoms with Crippen molar-refractivity contribution in [1.29, 1.82) is 0 Å². The third kappa shape index (κ3) is 10.1. The van der Waals surface area contributed by atoms with E-state index in [-0.39, 0.29) is 24.0 Å². The number of ether oxygens (including phenoxy) is 2. The van der Waals surface area contributed by atoms with Crippen molar-refractivity contribution in [3.63, 3.8) is 0 Å². The molecule has 172 valence electrons. The third-order valence-corrected chi connectivity index (χ3v) is 6.88. The zero-order valence-corrected chi connectivity index (χ0v) is 21.7. The smallest absolute Gasteiger partial charge is 0.191 e. The van der Waals surface area contributed by atoms with E-state index in [0.29, 0.717) is 37.7 Å². The van der Waals surface area contributed by atoms with Gasteiger partial charge < -0.3 is 20.1 Å². The Labute approximate surface area is 201 Å². The van der Waals surface area contributed by atoms with Crippen LogP contribution >= 0.6 is 24.0 Å². The van der Waals surface area contributed by atoms with Crippen molar-refractivity contribution in [1.82, 2.24) is 10.6 Å². The summed E-state index contributed by atoms with van der Waals surface area (Å²) in [5.74, 6) is 1.55. The van der Waals surface area contributed by atoms with Crippen LogP contribution in [0.25, 0.3) is 0 Å². The first-order chi connectivity index (χ1) is 14.2. The van der Waals surface area contributed by atoms with Gasteiger partial charge in [-0.05, 0) is 37.3 Å². The van der Waals surface area contributed by atoms with Gasteiger partial charge in [-0.25, -0.2) is 0 Å². The van der Waals surface area contributed by atoms with E-state index < -0.39 is 10.8 Å². The van der Waals surface area contributed by atoms with E-state index in [1.165, 1.54) is 5.56 Å². The lowest BCUT2D eigenvalue weighted by Crippen LogP contribution is -2.46. The molecule has 1 aliphatic rings. The Bertz CT molecular complexity index is 660. The van der Waals surface area contributed by atoms with Crippen molar-refractivity contribution in [2.24, 2.45) is 4.99 Å². The third-order valence-electron chi connectivity index (χ3n) is 5.14. The average Bonchev–Trinajstić information content (AvgIpc) is 2.76. The van der Waals surface area contributed by atoms with Crippen molar-refractivity contribution in [2.75, 3.05) is 32.6 Å². The maximum atomic E-state index is 12.2. The second kappa shape index (κ2) is 16.0. The molecule has 1 saturated carbocycles. The van der Waals surface area contributed by atoms with E-state index in [1.54, 1.807) is 7.05 Å². The number of hydrogen-bond donors (Lipinski definition) is 2. The fourth-order valence-electron chi connectivity index (χ4n) is 3.61. The Morgan fingerprint density at radius 1 is 1.20 bits per heavy atom. The van der Waals surface area contributed by atoms with Gasteiger partial charge >= 0.3 is 0 Å². The molecule has 0 amide bonds. The van der Waals surface area contributed by atoms with Gasteiger partial charge in [0.05, 0.1) is 19.8 Å². The summed E-state index contributed by atoms with van der Waals surface area (Å²) < 4.78 is 23.1. The first-order valence-electron chi connectivity index (χ1n) is 10.7. The van der Waals surface area contributed by atoms with Gasteiger partial charge in [-0.15, -0.1) is 24.0 Å². The van der Waals surface area contributed by atoms with Crippen molar-refractivity contribution in [2.45, 2.75) is 64.0 Å². The minimum absolute atomic E-state index is 0. The Morgan fingerprint density at radius 3 is 2.70 bits per heavy atom. The molecule has 0 spiro atoms. The molecule has 1 aliphatic carbocycles. The second-order valence-corrected chi connectivity index (χ2v) is 9.30. The summed E-state index contributed by atoms with van der Waals surface area (Å²) in [7, 11) is 1.08. The molecule has 0 bridgehead atoms. The molecule has 3 atom stereocenters. The molecule has 0 radical (unpaired) electrons. The Morgan fingerprint density at radius 2 is 1.97 bits per heavy atom. The summed E-state index contributed by atoms with van der Waals surface area (Å²) in [6, 6.07) is 8.72. The Hall–Kier alpha value is -0.710. The number of benzene rings is 1. The van der Waals surface area contributed by atoms with Crippen molar-refractivity contribution >= 4 is 40.7 Å². The second-order valence-electron chi connectivity index (χ2n) is 7.29. The normalized spacial score (nSPS) is 20.3. The zero-order valence-electron chi connectivity index (χ0n) is 18.5. The largest absolute Gasteiger partial charge is 0.379 e. The first kappa shape index (κ1) is 27.3. The van der Waals surface area contributed by atoms with E-state index in [0.717, 1.165) is 49.6 Å². The fraction of sp³-hybridized carbons (Fsp3) is 0.682. The van der Waals surface area contributed by atoms with Gasteiger partial charge in [-0.2, -0.15) is 0 Å². The number of hydrogen-bond acceptors (Lipinski definition) is 4. The summed E-state index contributed by atoms with van der Waals surface area (Å²) in [5, 5.41) is 7.23. The predicted octanol–water partition coefficient (Wildman–Crippen LogP) is 3.60. The molecule has 30 heavy (non-hydrogen) atoms. The first-order valence-corrected chi connectivity index (χ1v) is 12.1. The quantitative estimate of drug-likeness (QED) is 0.190. The van der Waals surface area contributed by atoms with E-state index in [9.17, 15) is 4.21 Å². The molecule has 0 aliphatic heterocycles. The van der Waals surface area contributed by atoms with Crippen molar-refractivity contribution in [3.8, 4) is 0 Å². The SMILES string of the molecule is CCOCCOCc1cccc(CNC(=NC)NC2CCCC(S(=O)CC)C2)c1.I. The topological polar surface area (TPSA) is 72.0 Å². The van der Waals surface area contributed by atoms with Gasteiger partial charge in [0.1, 0.15) is 0 Å². The van der Waals surface area contributed by atoms with Crippen LogP contribution in [0.1, 0.15) is 50.7 Å². The number of nitrogens with zero attached hydrogens (tertiary/aromatic N) is 1. The lowest BCUT2D eigenvalue weighted by atomic mass is 9.95. The molecule has 6 nitrogen and oxygen atoms in total.